The zero-order chi connectivity index (χ0) is 15.5. The van der Waals surface area contributed by atoms with Gasteiger partial charge in [0.2, 0.25) is 0 Å². The molecule has 112 valence electrons. The SMILES string of the molecule is C=CCn1c(C(=O)NCc2cccc(C)c2)cc2sccc21. The number of hydrogen-bond donors (Lipinski definition) is 1. The highest BCUT2D eigenvalue weighted by Crippen LogP contribution is 2.25. The van der Waals surface area contributed by atoms with Crippen LogP contribution in [0.5, 0.6) is 0 Å². The summed E-state index contributed by atoms with van der Waals surface area (Å²) in [5.41, 5.74) is 4.08. The number of hydrogen-bond acceptors (Lipinski definition) is 2. The average molecular weight is 310 g/mol. The molecule has 0 aliphatic heterocycles. The first-order valence-electron chi connectivity index (χ1n) is 7.20. The number of amides is 1. The standard InChI is InChI=1S/C18H18N2OS/c1-3-8-20-15-7-9-22-17(15)11-16(20)18(21)19-12-14-6-4-5-13(2)10-14/h3-7,9-11H,1,8,12H2,2H3,(H,19,21). The molecule has 0 aliphatic rings. The lowest BCUT2D eigenvalue weighted by atomic mass is 10.1. The molecular weight excluding hydrogens is 292 g/mol. The van der Waals surface area contributed by atoms with Gasteiger partial charge in [0.1, 0.15) is 5.69 Å². The van der Waals surface area contributed by atoms with Crippen LogP contribution in [0.25, 0.3) is 10.2 Å². The maximum Gasteiger partial charge on any atom is 0.268 e. The first-order chi connectivity index (χ1) is 10.7. The molecular formula is C18H18N2OS. The number of benzene rings is 1. The van der Waals surface area contributed by atoms with Gasteiger partial charge in [0.25, 0.3) is 5.91 Å². The van der Waals surface area contributed by atoms with Crippen LogP contribution in [0.15, 0.2) is 54.4 Å². The summed E-state index contributed by atoms with van der Waals surface area (Å²) in [4.78, 5) is 12.5. The van der Waals surface area contributed by atoms with Gasteiger partial charge >= 0.3 is 0 Å². The molecule has 0 atom stereocenters. The molecule has 0 spiro atoms. The molecule has 0 unspecified atom stereocenters. The van der Waals surface area contributed by atoms with Crippen molar-refractivity contribution in [3.05, 3.63) is 71.3 Å². The van der Waals surface area contributed by atoms with Crippen LogP contribution >= 0.6 is 11.3 Å². The Morgan fingerprint density at radius 2 is 2.23 bits per heavy atom. The molecule has 2 aromatic heterocycles. The summed E-state index contributed by atoms with van der Waals surface area (Å²) in [6.07, 6.45) is 1.81. The fourth-order valence-electron chi connectivity index (χ4n) is 2.59. The van der Waals surface area contributed by atoms with Crippen LogP contribution in [0.3, 0.4) is 0 Å². The van der Waals surface area contributed by atoms with Crippen molar-refractivity contribution in [3.8, 4) is 0 Å². The summed E-state index contributed by atoms with van der Waals surface area (Å²) < 4.78 is 3.13. The Labute approximate surface area is 133 Å². The van der Waals surface area contributed by atoms with Crippen molar-refractivity contribution < 1.29 is 4.79 Å². The molecule has 2 heterocycles. The van der Waals surface area contributed by atoms with Crippen LogP contribution in [-0.2, 0) is 13.1 Å². The number of fused-ring (bicyclic) bond motifs is 1. The van der Waals surface area contributed by atoms with E-state index in [0.29, 0.717) is 18.8 Å². The van der Waals surface area contributed by atoms with Crippen LogP contribution in [0.1, 0.15) is 21.6 Å². The van der Waals surface area contributed by atoms with E-state index in [0.717, 1.165) is 15.8 Å². The van der Waals surface area contributed by atoms with Crippen LogP contribution in [-0.4, -0.2) is 10.5 Å². The molecule has 22 heavy (non-hydrogen) atoms. The first kappa shape index (κ1) is 14.6. The Hall–Kier alpha value is -2.33. The zero-order valence-corrected chi connectivity index (χ0v) is 13.3. The van der Waals surface area contributed by atoms with E-state index in [2.05, 4.69) is 31.0 Å². The molecule has 4 heteroatoms. The lowest BCUT2D eigenvalue weighted by Crippen LogP contribution is -2.25. The Balaban J connectivity index is 1.81. The summed E-state index contributed by atoms with van der Waals surface area (Å²) in [7, 11) is 0. The number of carbonyl (C=O) groups excluding carboxylic acids is 1. The van der Waals surface area contributed by atoms with E-state index in [4.69, 9.17) is 0 Å². The van der Waals surface area contributed by atoms with E-state index in [1.807, 2.05) is 40.3 Å². The van der Waals surface area contributed by atoms with Crippen molar-refractivity contribution in [1.82, 2.24) is 9.88 Å². The number of thiophene rings is 1. The minimum Gasteiger partial charge on any atom is -0.347 e. The summed E-state index contributed by atoms with van der Waals surface area (Å²) >= 11 is 1.65. The predicted molar refractivity (Wildman–Crippen MR) is 92.4 cm³/mol. The Morgan fingerprint density at radius 1 is 1.36 bits per heavy atom. The van der Waals surface area contributed by atoms with Crippen LogP contribution in [0.4, 0.5) is 0 Å². The van der Waals surface area contributed by atoms with Crippen molar-refractivity contribution in [2.45, 2.75) is 20.0 Å². The number of aryl methyl sites for hydroxylation is 1. The predicted octanol–water partition coefficient (Wildman–Crippen LogP) is 4.13. The minimum absolute atomic E-state index is 0.0493. The quantitative estimate of drug-likeness (QED) is 0.706. The van der Waals surface area contributed by atoms with Crippen molar-refractivity contribution in [2.75, 3.05) is 0 Å². The molecule has 0 saturated heterocycles. The molecule has 0 bridgehead atoms. The Morgan fingerprint density at radius 3 is 3.00 bits per heavy atom. The van der Waals surface area contributed by atoms with Crippen LogP contribution in [0, 0.1) is 6.92 Å². The molecule has 0 radical (unpaired) electrons. The molecule has 1 N–H and O–H groups in total. The van der Waals surface area contributed by atoms with Gasteiger partial charge in [-0.2, -0.15) is 0 Å². The van der Waals surface area contributed by atoms with E-state index in [9.17, 15) is 4.79 Å². The van der Waals surface area contributed by atoms with Crippen LogP contribution in [0.2, 0.25) is 0 Å². The van der Waals surface area contributed by atoms with Gasteiger partial charge in [-0.1, -0.05) is 35.9 Å². The third-order valence-electron chi connectivity index (χ3n) is 3.60. The molecule has 3 nitrogen and oxygen atoms in total. The van der Waals surface area contributed by atoms with Gasteiger partial charge < -0.3 is 9.88 Å². The molecule has 3 aromatic rings. The second kappa shape index (κ2) is 6.20. The fraction of sp³-hybridized carbons (Fsp3) is 0.167. The van der Waals surface area contributed by atoms with Gasteiger partial charge in [-0.3, -0.25) is 4.79 Å². The molecule has 0 fully saturated rings. The Bertz CT molecular complexity index is 829. The molecule has 1 aromatic carbocycles. The third kappa shape index (κ3) is 2.83. The molecule has 1 amide bonds. The minimum atomic E-state index is -0.0493. The van der Waals surface area contributed by atoms with Crippen molar-refractivity contribution >= 4 is 27.5 Å². The monoisotopic (exact) mass is 310 g/mol. The lowest BCUT2D eigenvalue weighted by molar-refractivity contribution is 0.0942. The van der Waals surface area contributed by atoms with E-state index < -0.39 is 0 Å². The third-order valence-corrected chi connectivity index (χ3v) is 4.46. The van der Waals surface area contributed by atoms with Gasteiger partial charge in [0.15, 0.2) is 0 Å². The van der Waals surface area contributed by atoms with E-state index >= 15 is 0 Å². The average Bonchev–Trinajstić information content (AvgIpc) is 3.08. The largest absolute Gasteiger partial charge is 0.347 e. The number of carbonyl (C=O) groups is 1. The summed E-state index contributed by atoms with van der Waals surface area (Å²) in [6, 6.07) is 12.2. The molecule has 0 aliphatic carbocycles. The molecule has 3 rings (SSSR count). The van der Waals surface area contributed by atoms with Crippen molar-refractivity contribution in [1.29, 1.82) is 0 Å². The fourth-order valence-corrected chi connectivity index (χ4v) is 3.41. The highest BCUT2D eigenvalue weighted by atomic mass is 32.1. The summed E-state index contributed by atoms with van der Waals surface area (Å²) in [5, 5.41) is 5.04. The normalized spacial score (nSPS) is 10.8. The smallest absolute Gasteiger partial charge is 0.268 e. The second-order valence-corrected chi connectivity index (χ2v) is 6.22. The summed E-state index contributed by atoms with van der Waals surface area (Å²) in [5.74, 6) is -0.0493. The van der Waals surface area contributed by atoms with Crippen molar-refractivity contribution in [2.24, 2.45) is 0 Å². The van der Waals surface area contributed by atoms with Gasteiger partial charge in [-0.05, 0) is 30.0 Å². The van der Waals surface area contributed by atoms with Gasteiger partial charge in [-0.25, -0.2) is 0 Å². The highest BCUT2D eigenvalue weighted by Gasteiger charge is 2.15. The number of aromatic nitrogens is 1. The second-order valence-electron chi connectivity index (χ2n) is 5.27. The van der Waals surface area contributed by atoms with E-state index in [1.54, 1.807) is 11.3 Å². The topological polar surface area (TPSA) is 34.0 Å². The highest BCUT2D eigenvalue weighted by molar-refractivity contribution is 7.17. The maximum atomic E-state index is 12.5. The number of nitrogens with zero attached hydrogens (tertiary/aromatic N) is 1. The molecule has 0 saturated carbocycles. The number of rotatable bonds is 5. The van der Waals surface area contributed by atoms with Gasteiger partial charge in [0.05, 0.1) is 10.2 Å². The zero-order valence-electron chi connectivity index (χ0n) is 12.5. The Kier molecular flexibility index (Phi) is 4.11. The van der Waals surface area contributed by atoms with Gasteiger partial charge in [-0.15, -0.1) is 17.9 Å². The van der Waals surface area contributed by atoms with Crippen molar-refractivity contribution in [3.63, 3.8) is 0 Å². The lowest BCUT2D eigenvalue weighted by Gasteiger charge is -2.09. The van der Waals surface area contributed by atoms with Crippen LogP contribution < -0.4 is 5.32 Å². The number of allylic oxidation sites excluding steroid dienone is 1. The number of nitrogens with one attached hydrogen (secondary N) is 1. The van der Waals surface area contributed by atoms with E-state index in [-0.39, 0.29) is 5.91 Å². The first-order valence-corrected chi connectivity index (χ1v) is 8.08. The summed E-state index contributed by atoms with van der Waals surface area (Å²) in [6.45, 7) is 7.00. The van der Waals surface area contributed by atoms with Gasteiger partial charge in [0, 0.05) is 13.1 Å². The van der Waals surface area contributed by atoms with E-state index in [1.165, 1.54) is 5.56 Å². The maximum absolute atomic E-state index is 12.5.